The third kappa shape index (κ3) is 4.05. The molecule has 0 aliphatic rings. The number of nitrogens with zero attached hydrogens (tertiary/aromatic N) is 4. The molecule has 2 aromatic carbocycles. The van der Waals surface area contributed by atoms with E-state index < -0.39 is 11.7 Å². The fourth-order valence-electron chi connectivity index (χ4n) is 2.96. The summed E-state index contributed by atoms with van der Waals surface area (Å²) in [6, 6.07) is 15.6. The molecule has 0 spiro atoms. The van der Waals surface area contributed by atoms with Gasteiger partial charge in [0, 0.05) is 17.4 Å². The molecule has 2 heterocycles. The molecule has 6 nitrogen and oxygen atoms in total. The van der Waals surface area contributed by atoms with Crippen molar-refractivity contribution in [2.24, 2.45) is 0 Å². The molecular weight excluding hydrogens is 393 g/mol. The van der Waals surface area contributed by atoms with E-state index in [-0.39, 0.29) is 11.4 Å². The van der Waals surface area contributed by atoms with Crippen LogP contribution in [-0.2, 0) is 6.54 Å². The minimum Gasteiger partial charge on any atom is -0.318 e. The number of carbonyl (C=O) groups excluding carboxylic acids is 1. The van der Waals surface area contributed by atoms with Crippen molar-refractivity contribution in [2.75, 3.05) is 5.32 Å². The summed E-state index contributed by atoms with van der Waals surface area (Å²) < 4.78 is 17.5. The van der Waals surface area contributed by atoms with E-state index in [0.29, 0.717) is 17.4 Å². The number of aryl methyl sites for hydroxylation is 1. The van der Waals surface area contributed by atoms with E-state index in [4.69, 9.17) is 11.6 Å². The van der Waals surface area contributed by atoms with Crippen molar-refractivity contribution in [2.45, 2.75) is 13.5 Å². The van der Waals surface area contributed by atoms with Crippen LogP contribution in [0.1, 0.15) is 21.6 Å². The van der Waals surface area contributed by atoms with Crippen LogP contribution < -0.4 is 5.32 Å². The number of amides is 1. The zero-order valence-electron chi connectivity index (χ0n) is 15.5. The van der Waals surface area contributed by atoms with E-state index in [9.17, 15) is 9.18 Å². The number of nitrogens with one attached hydrogen (secondary N) is 1. The van der Waals surface area contributed by atoms with Gasteiger partial charge in [-0.05, 0) is 54.4 Å². The van der Waals surface area contributed by atoms with Crippen molar-refractivity contribution in [3.63, 3.8) is 0 Å². The molecule has 2 aromatic heterocycles. The van der Waals surface area contributed by atoms with Crippen LogP contribution in [0.15, 0.2) is 67.0 Å². The highest BCUT2D eigenvalue weighted by molar-refractivity contribution is 6.30. The van der Waals surface area contributed by atoms with E-state index in [1.54, 1.807) is 46.8 Å². The van der Waals surface area contributed by atoms with Gasteiger partial charge in [0.2, 0.25) is 0 Å². The van der Waals surface area contributed by atoms with Crippen molar-refractivity contribution in [1.29, 1.82) is 0 Å². The first-order valence-corrected chi connectivity index (χ1v) is 9.28. The van der Waals surface area contributed by atoms with Crippen LogP contribution in [0.25, 0.3) is 5.82 Å². The van der Waals surface area contributed by atoms with Crippen LogP contribution in [0.5, 0.6) is 0 Å². The molecule has 4 rings (SSSR count). The molecule has 0 saturated carbocycles. The number of carbonyl (C=O) groups is 1. The fourth-order valence-corrected chi connectivity index (χ4v) is 3.08. The van der Waals surface area contributed by atoms with Gasteiger partial charge in [0.05, 0.1) is 12.2 Å². The molecule has 1 amide bonds. The molecule has 0 atom stereocenters. The lowest BCUT2D eigenvalue weighted by molar-refractivity contribution is 0.102. The second-order valence-electron chi connectivity index (χ2n) is 6.57. The molecule has 0 unspecified atom stereocenters. The smallest absolute Gasteiger partial charge is 0.280 e. The van der Waals surface area contributed by atoms with Gasteiger partial charge >= 0.3 is 0 Å². The maximum atomic E-state index is 14.2. The Labute approximate surface area is 171 Å². The van der Waals surface area contributed by atoms with Gasteiger partial charge in [0.15, 0.2) is 11.5 Å². The Balaban J connectivity index is 1.68. The minimum atomic E-state index is -0.543. The van der Waals surface area contributed by atoms with Gasteiger partial charge in [-0.3, -0.25) is 4.79 Å². The van der Waals surface area contributed by atoms with Crippen LogP contribution in [0, 0.1) is 12.7 Å². The summed E-state index contributed by atoms with van der Waals surface area (Å²) in [4.78, 5) is 12.9. The minimum absolute atomic E-state index is 0.0892. The van der Waals surface area contributed by atoms with Crippen molar-refractivity contribution >= 4 is 23.2 Å². The molecule has 8 heteroatoms. The van der Waals surface area contributed by atoms with Gasteiger partial charge < -0.3 is 9.88 Å². The summed E-state index contributed by atoms with van der Waals surface area (Å²) in [5.41, 5.74) is 1.90. The lowest BCUT2D eigenvalue weighted by Gasteiger charge is -2.10. The molecule has 0 saturated heterocycles. The first-order valence-electron chi connectivity index (χ1n) is 8.90. The van der Waals surface area contributed by atoms with Gasteiger partial charge in [0.1, 0.15) is 5.82 Å². The van der Waals surface area contributed by atoms with Crippen molar-refractivity contribution in [3.8, 4) is 5.82 Å². The molecular formula is C21H17ClFN5O. The first kappa shape index (κ1) is 18.9. The van der Waals surface area contributed by atoms with E-state index in [1.807, 2.05) is 24.3 Å². The van der Waals surface area contributed by atoms with E-state index in [0.717, 1.165) is 11.1 Å². The normalized spacial score (nSPS) is 10.9. The van der Waals surface area contributed by atoms with Gasteiger partial charge in [0.25, 0.3) is 5.91 Å². The maximum absolute atomic E-state index is 14.2. The highest BCUT2D eigenvalue weighted by Crippen LogP contribution is 2.20. The third-order valence-corrected chi connectivity index (χ3v) is 4.64. The highest BCUT2D eigenvalue weighted by Gasteiger charge is 2.22. The monoisotopic (exact) mass is 409 g/mol. The summed E-state index contributed by atoms with van der Waals surface area (Å²) >= 11 is 5.95. The van der Waals surface area contributed by atoms with Crippen molar-refractivity contribution in [1.82, 2.24) is 19.6 Å². The van der Waals surface area contributed by atoms with Crippen LogP contribution in [-0.4, -0.2) is 25.5 Å². The lowest BCUT2D eigenvalue weighted by atomic mass is 10.2. The zero-order chi connectivity index (χ0) is 20.4. The second-order valence-corrected chi connectivity index (χ2v) is 7.01. The average Bonchev–Trinajstić information content (AvgIpc) is 3.35. The topological polar surface area (TPSA) is 64.7 Å². The molecule has 29 heavy (non-hydrogen) atoms. The fraction of sp³-hybridized carbons (Fsp3) is 0.0952. The molecule has 0 aliphatic heterocycles. The predicted molar refractivity (Wildman–Crippen MR) is 109 cm³/mol. The third-order valence-electron chi connectivity index (χ3n) is 4.39. The number of halogens is 2. The second kappa shape index (κ2) is 7.89. The average molecular weight is 410 g/mol. The standard InChI is InChI=1S/C21H17ClFN5O/c1-14-4-9-18(17(23)12-14)24-20(29)19-21(27-10-2-3-11-27)28(26-25-19)13-15-5-7-16(22)8-6-15/h2-12H,13H2,1H3,(H,24,29). The Kier molecular flexibility index (Phi) is 5.14. The van der Waals surface area contributed by atoms with Crippen LogP contribution >= 0.6 is 11.6 Å². The van der Waals surface area contributed by atoms with Crippen LogP contribution in [0.4, 0.5) is 10.1 Å². The Bertz CT molecular complexity index is 1150. The van der Waals surface area contributed by atoms with Crippen LogP contribution in [0.2, 0.25) is 5.02 Å². The van der Waals surface area contributed by atoms with Crippen molar-refractivity contribution in [3.05, 3.63) is 94.7 Å². The maximum Gasteiger partial charge on any atom is 0.280 e. The number of benzene rings is 2. The summed E-state index contributed by atoms with van der Waals surface area (Å²) in [7, 11) is 0. The molecule has 4 aromatic rings. The molecule has 0 radical (unpaired) electrons. The number of anilines is 1. The van der Waals surface area contributed by atoms with E-state index in [1.165, 1.54) is 12.1 Å². The SMILES string of the molecule is Cc1ccc(NC(=O)c2nnn(Cc3ccc(Cl)cc3)c2-n2cccc2)c(F)c1. The lowest BCUT2D eigenvalue weighted by Crippen LogP contribution is -2.17. The highest BCUT2D eigenvalue weighted by atomic mass is 35.5. The number of hydrogen-bond donors (Lipinski definition) is 1. The van der Waals surface area contributed by atoms with E-state index >= 15 is 0 Å². The summed E-state index contributed by atoms with van der Waals surface area (Å²) in [6.45, 7) is 2.17. The van der Waals surface area contributed by atoms with Gasteiger partial charge in [-0.2, -0.15) is 0 Å². The Morgan fingerprint density at radius 1 is 1.14 bits per heavy atom. The Morgan fingerprint density at radius 3 is 2.55 bits per heavy atom. The summed E-state index contributed by atoms with van der Waals surface area (Å²) in [5, 5.41) is 11.4. The molecule has 0 aliphatic carbocycles. The van der Waals surface area contributed by atoms with E-state index in [2.05, 4.69) is 15.6 Å². The number of hydrogen-bond acceptors (Lipinski definition) is 3. The van der Waals surface area contributed by atoms with Gasteiger partial charge in [-0.1, -0.05) is 35.0 Å². The predicted octanol–water partition coefficient (Wildman–Crippen LogP) is 4.47. The molecule has 0 fully saturated rings. The van der Waals surface area contributed by atoms with Crippen molar-refractivity contribution < 1.29 is 9.18 Å². The Morgan fingerprint density at radius 2 is 1.86 bits per heavy atom. The first-order chi connectivity index (χ1) is 14.0. The number of rotatable bonds is 5. The Hall–Kier alpha value is -3.45. The number of aromatic nitrogens is 4. The molecule has 0 bridgehead atoms. The molecule has 146 valence electrons. The summed E-state index contributed by atoms with van der Waals surface area (Å²) in [6.07, 6.45) is 3.58. The van der Waals surface area contributed by atoms with Gasteiger partial charge in [-0.25, -0.2) is 9.07 Å². The molecule has 1 N–H and O–H groups in total. The zero-order valence-corrected chi connectivity index (χ0v) is 16.3. The quantitative estimate of drug-likeness (QED) is 0.529. The van der Waals surface area contributed by atoms with Gasteiger partial charge in [-0.15, -0.1) is 5.10 Å². The summed E-state index contributed by atoms with van der Waals surface area (Å²) in [5.74, 6) is -0.566. The largest absolute Gasteiger partial charge is 0.318 e. The van der Waals surface area contributed by atoms with Crippen LogP contribution in [0.3, 0.4) is 0 Å².